The van der Waals surface area contributed by atoms with Gasteiger partial charge in [0.2, 0.25) is 0 Å². The van der Waals surface area contributed by atoms with Crippen LogP contribution in [0.15, 0.2) is 23.8 Å². The molecular formula is C26H36O8. The maximum atomic E-state index is 12.3. The van der Waals surface area contributed by atoms with E-state index in [2.05, 4.69) is 13.5 Å². The SMILES string of the molecule is C=C1CC[C@@H]2[C@](C)(COC(C)=O)[C@@H](OC(C)=O)CC[C@@]2(C)[C@H]1C[C@H](OC(C)=O)C1=CCOC1=O. The van der Waals surface area contributed by atoms with Crippen LogP contribution in [0.4, 0.5) is 0 Å². The van der Waals surface area contributed by atoms with Crippen LogP contribution < -0.4 is 0 Å². The van der Waals surface area contributed by atoms with Gasteiger partial charge in [-0.15, -0.1) is 0 Å². The van der Waals surface area contributed by atoms with Crippen molar-refractivity contribution in [2.45, 2.75) is 78.9 Å². The maximum absolute atomic E-state index is 12.3. The van der Waals surface area contributed by atoms with E-state index >= 15 is 0 Å². The molecule has 1 heterocycles. The molecule has 3 rings (SSSR count). The highest BCUT2D eigenvalue weighted by Gasteiger charge is 2.60. The Kier molecular flexibility index (Phi) is 7.58. The zero-order valence-corrected chi connectivity index (χ0v) is 20.8. The molecule has 0 unspecified atom stereocenters. The summed E-state index contributed by atoms with van der Waals surface area (Å²) in [6, 6.07) is 0. The average molecular weight is 477 g/mol. The van der Waals surface area contributed by atoms with Crippen LogP contribution in [0.3, 0.4) is 0 Å². The molecule has 0 spiro atoms. The minimum absolute atomic E-state index is 0.0513. The summed E-state index contributed by atoms with van der Waals surface area (Å²) < 4.78 is 21.9. The standard InChI is InChI=1S/C26H36O8/c1-15-7-8-22-25(5,11-9-23(34-18(4)29)26(22,6)14-32-16(2)27)20(15)13-21(33-17(3)28)19-10-12-31-24(19)30/h10,20-23H,1,7-9,11-14H2,2-6H3/t20-,21-,22-,23-,25-,26-/m0/s1. The zero-order valence-electron chi connectivity index (χ0n) is 20.8. The Morgan fingerprint density at radius 3 is 2.41 bits per heavy atom. The Morgan fingerprint density at radius 1 is 1.15 bits per heavy atom. The summed E-state index contributed by atoms with van der Waals surface area (Å²) in [7, 11) is 0. The van der Waals surface area contributed by atoms with Crippen LogP contribution in [0.25, 0.3) is 0 Å². The Balaban J connectivity index is 1.96. The summed E-state index contributed by atoms with van der Waals surface area (Å²) in [5.74, 6) is -1.68. The molecule has 0 saturated heterocycles. The molecule has 0 aromatic heterocycles. The molecule has 8 heteroatoms. The highest BCUT2D eigenvalue weighted by Crippen LogP contribution is 2.62. The second-order valence-electron chi connectivity index (χ2n) is 10.3. The van der Waals surface area contributed by atoms with E-state index in [9.17, 15) is 19.2 Å². The van der Waals surface area contributed by atoms with Gasteiger partial charge in [-0.1, -0.05) is 26.0 Å². The Labute approximate surface area is 201 Å². The molecule has 0 N–H and O–H groups in total. The monoisotopic (exact) mass is 476 g/mol. The van der Waals surface area contributed by atoms with Gasteiger partial charge in [-0.3, -0.25) is 14.4 Å². The summed E-state index contributed by atoms with van der Waals surface area (Å²) in [6.07, 6.45) is 3.89. The lowest BCUT2D eigenvalue weighted by atomic mass is 9.46. The van der Waals surface area contributed by atoms with Crippen molar-refractivity contribution in [3.63, 3.8) is 0 Å². The normalized spacial score (nSPS) is 33.8. The molecule has 0 bridgehead atoms. The fraction of sp³-hybridized carbons (Fsp3) is 0.692. The van der Waals surface area contributed by atoms with Crippen molar-refractivity contribution in [3.05, 3.63) is 23.8 Å². The van der Waals surface area contributed by atoms with Crippen molar-refractivity contribution >= 4 is 23.9 Å². The van der Waals surface area contributed by atoms with Gasteiger partial charge in [-0.05, 0) is 55.4 Å². The van der Waals surface area contributed by atoms with Crippen molar-refractivity contribution in [1.29, 1.82) is 0 Å². The number of carbonyl (C=O) groups excluding carboxylic acids is 4. The Morgan fingerprint density at radius 2 is 1.85 bits per heavy atom. The molecule has 0 amide bonds. The summed E-state index contributed by atoms with van der Waals surface area (Å²) in [5.41, 5.74) is 0.530. The third-order valence-corrected chi connectivity index (χ3v) is 8.07. The van der Waals surface area contributed by atoms with E-state index in [1.54, 1.807) is 6.08 Å². The maximum Gasteiger partial charge on any atom is 0.337 e. The summed E-state index contributed by atoms with van der Waals surface area (Å²) in [5, 5.41) is 0. The second kappa shape index (κ2) is 9.92. The highest BCUT2D eigenvalue weighted by atomic mass is 16.6. The van der Waals surface area contributed by atoms with E-state index in [0.717, 1.165) is 24.8 Å². The van der Waals surface area contributed by atoms with Crippen LogP contribution >= 0.6 is 0 Å². The van der Waals surface area contributed by atoms with Crippen molar-refractivity contribution in [3.8, 4) is 0 Å². The number of rotatable bonds is 7. The quantitative estimate of drug-likeness (QED) is 0.311. The predicted octanol–water partition coefficient (Wildman–Crippen LogP) is 3.68. The molecular weight excluding hydrogens is 440 g/mol. The number of hydrogen-bond donors (Lipinski definition) is 0. The van der Waals surface area contributed by atoms with Crippen LogP contribution in [0.1, 0.15) is 66.7 Å². The lowest BCUT2D eigenvalue weighted by Gasteiger charge is -2.60. The van der Waals surface area contributed by atoms with E-state index < -0.39 is 23.5 Å². The van der Waals surface area contributed by atoms with Gasteiger partial charge in [0, 0.05) is 26.2 Å². The van der Waals surface area contributed by atoms with Gasteiger partial charge >= 0.3 is 23.9 Å². The number of esters is 4. The summed E-state index contributed by atoms with van der Waals surface area (Å²) >= 11 is 0. The van der Waals surface area contributed by atoms with E-state index in [1.807, 2.05) is 6.92 Å². The van der Waals surface area contributed by atoms with Crippen LogP contribution in [-0.2, 0) is 38.1 Å². The Hall–Kier alpha value is -2.64. The number of fused-ring (bicyclic) bond motifs is 1. The molecule has 34 heavy (non-hydrogen) atoms. The lowest BCUT2D eigenvalue weighted by Crippen LogP contribution is -2.59. The number of cyclic esters (lactones) is 1. The Bertz CT molecular complexity index is 904. The first kappa shape index (κ1) is 26.0. The van der Waals surface area contributed by atoms with Gasteiger partial charge in [0.15, 0.2) is 0 Å². The van der Waals surface area contributed by atoms with Crippen LogP contribution in [0.5, 0.6) is 0 Å². The highest BCUT2D eigenvalue weighted by molar-refractivity contribution is 5.92. The smallest absolute Gasteiger partial charge is 0.337 e. The lowest BCUT2D eigenvalue weighted by molar-refractivity contribution is -0.192. The first-order chi connectivity index (χ1) is 15.9. The van der Waals surface area contributed by atoms with Gasteiger partial charge in [0.25, 0.3) is 0 Å². The van der Waals surface area contributed by atoms with Crippen molar-refractivity contribution in [2.24, 2.45) is 22.7 Å². The second-order valence-corrected chi connectivity index (χ2v) is 10.3. The molecule has 0 radical (unpaired) electrons. The van der Waals surface area contributed by atoms with Gasteiger partial charge in [-0.2, -0.15) is 0 Å². The van der Waals surface area contributed by atoms with Gasteiger partial charge < -0.3 is 18.9 Å². The summed E-state index contributed by atoms with van der Waals surface area (Å²) in [4.78, 5) is 47.7. The third kappa shape index (κ3) is 5.05. The van der Waals surface area contributed by atoms with Gasteiger partial charge in [0.05, 0.1) is 5.57 Å². The number of ether oxygens (including phenoxy) is 4. The minimum atomic E-state index is -0.726. The van der Waals surface area contributed by atoms with Crippen LogP contribution in [0, 0.1) is 22.7 Å². The van der Waals surface area contributed by atoms with E-state index in [4.69, 9.17) is 18.9 Å². The fourth-order valence-electron chi connectivity index (χ4n) is 6.54. The predicted molar refractivity (Wildman–Crippen MR) is 122 cm³/mol. The first-order valence-electron chi connectivity index (χ1n) is 11.9. The number of allylic oxidation sites excluding steroid dienone is 1. The molecule has 3 aliphatic rings. The summed E-state index contributed by atoms with van der Waals surface area (Å²) in [6.45, 7) is 13.0. The third-order valence-electron chi connectivity index (χ3n) is 8.07. The largest absolute Gasteiger partial charge is 0.465 e. The molecule has 1 aliphatic heterocycles. The van der Waals surface area contributed by atoms with Crippen molar-refractivity contribution in [2.75, 3.05) is 13.2 Å². The number of carbonyl (C=O) groups is 4. The topological polar surface area (TPSA) is 105 Å². The van der Waals surface area contributed by atoms with E-state index in [1.165, 1.54) is 20.8 Å². The first-order valence-corrected chi connectivity index (χ1v) is 11.9. The van der Waals surface area contributed by atoms with Crippen molar-refractivity contribution < 1.29 is 38.1 Å². The van der Waals surface area contributed by atoms with E-state index in [-0.39, 0.29) is 48.5 Å². The molecule has 2 saturated carbocycles. The van der Waals surface area contributed by atoms with E-state index in [0.29, 0.717) is 18.4 Å². The molecule has 0 aromatic carbocycles. The average Bonchev–Trinajstić information content (AvgIpc) is 3.16. The molecule has 8 nitrogen and oxygen atoms in total. The molecule has 188 valence electrons. The van der Waals surface area contributed by atoms with Gasteiger partial charge in [-0.25, -0.2) is 4.79 Å². The zero-order chi connectivity index (χ0) is 25.3. The molecule has 2 aliphatic carbocycles. The number of hydrogen-bond acceptors (Lipinski definition) is 8. The molecule has 6 atom stereocenters. The van der Waals surface area contributed by atoms with Gasteiger partial charge in [0.1, 0.15) is 25.4 Å². The molecule has 0 aromatic rings. The molecule has 2 fully saturated rings. The van der Waals surface area contributed by atoms with Crippen molar-refractivity contribution in [1.82, 2.24) is 0 Å². The van der Waals surface area contributed by atoms with Crippen LogP contribution in [0.2, 0.25) is 0 Å². The minimum Gasteiger partial charge on any atom is -0.465 e. The fourth-order valence-corrected chi connectivity index (χ4v) is 6.54. The van der Waals surface area contributed by atoms with Crippen LogP contribution in [-0.4, -0.2) is 49.3 Å².